The molecular weight excluding hydrogens is 386 g/mol. The zero-order valence-corrected chi connectivity index (χ0v) is 16.2. The van der Waals surface area contributed by atoms with Crippen LogP contribution in [0, 0.1) is 10.1 Å². The van der Waals surface area contributed by atoms with Crippen LogP contribution in [0.5, 0.6) is 0 Å². The Bertz CT molecular complexity index is 1430. The third-order valence-corrected chi connectivity index (χ3v) is 4.88. The van der Waals surface area contributed by atoms with E-state index in [1.54, 1.807) is 25.4 Å². The molecule has 0 radical (unpaired) electrons. The Kier molecular flexibility index (Phi) is 4.63. The molecule has 0 amide bonds. The van der Waals surface area contributed by atoms with Crippen LogP contribution in [-0.4, -0.2) is 24.9 Å². The zero-order chi connectivity index (χ0) is 21.4. The Morgan fingerprint density at radius 1 is 1.00 bits per heavy atom. The Morgan fingerprint density at radius 3 is 2.43 bits per heavy atom. The van der Waals surface area contributed by atoms with E-state index in [9.17, 15) is 19.7 Å². The molecule has 0 spiro atoms. The fourth-order valence-electron chi connectivity index (χ4n) is 3.34. The molecule has 30 heavy (non-hydrogen) atoms. The summed E-state index contributed by atoms with van der Waals surface area (Å²) in [5, 5.41) is 15.8. The Morgan fingerprint density at radius 2 is 1.73 bits per heavy atom. The smallest absolute Gasteiger partial charge is 0.295 e. The van der Waals surface area contributed by atoms with Gasteiger partial charge >= 0.3 is 5.69 Å². The van der Waals surface area contributed by atoms with Gasteiger partial charge in [0.1, 0.15) is 0 Å². The number of nitro benzene ring substituents is 1. The molecule has 0 bridgehead atoms. The number of fused-ring (bicyclic) bond motifs is 1. The highest BCUT2D eigenvalue weighted by molar-refractivity contribution is 5.94. The van der Waals surface area contributed by atoms with E-state index in [0.29, 0.717) is 22.2 Å². The lowest BCUT2D eigenvalue weighted by molar-refractivity contribution is -0.384. The number of hydrogen-bond acceptors (Lipinski definition) is 5. The summed E-state index contributed by atoms with van der Waals surface area (Å²) in [4.78, 5) is 35.8. The molecular formula is C21H17N5O4. The number of non-ortho nitro benzene ring substituents is 1. The molecule has 0 unspecified atom stereocenters. The van der Waals surface area contributed by atoms with Gasteiger partial charge < -0.3 is 0 Å². The van der Waals surface area contributed by atoms with E-state index in [-0.39, 0.29) is 5.69 Å². The number of benzene rings is 2. The van der Waals surface area contributed by atoms with Crippen molar-refractivity contribution in [2.75, 3.05) is 0 Å². The second-order valence-electron chi connectivity index (χ2n) is 6.75. The SMILES string of the molecule is Cn1c(=O)c2c(-c3ccccc3)n(/N=C\c3cccc([N+](=O)[O-])c3)cc2n(C)c1=O. The van der Waals surface area contributed by atoms with Crippen LogP contribution in [0.15, 0.2) is 75.5 Å². The average Bonchev–Trinajstić information content (AvgIpc) is 3.15. The highest BCUT2D eigenvalue weighted by Crippen LogP contribution is 2.27. The van der Waals surface area contributed by atoms with Crippen molar-refractivity contribution in [2.45, 2.75) is 0 Å². The molecule has 0 saturated carbocycles. The average molecular weight is 403 g/mol. The van der Waals surface area contributed by atoms with Crippen molar-refractivity contribution in [3.8, 4) is 11.3 Å². The zero-order valence-electron chi connectivity index (χ0n) is 16.2. The highest BCUT2D eigenvalue weighted by atomic mass is 16.6. The minimum absolute atomic E-state index is 0.0452. The molecule has 4 aromatic rings. The Balaban J connectivity index is 1.98. The Labute approximate surface area is 169 Å². The largest absolute Gasteiger partial charge is 0.330 e. The van der Waals surface area contributed by atoms with Gasteiger partial charge in [-0.15, -0.1) is 0 Å². The normalized spacial score (nSPS) is 11.4. The van der Waals surface area contributed by atoms with Gasteiger partial charge in [0.2, 0.25) is 0 Å². The highest BCUT2D eigenvalue weighted by Gasteiger charge is 2.19. The molecule has 2 aromatic carbocycles. The summed E-state index contributed by atoms with van der Waals surface area (Å²) in [5.74, 6) is 0. The summed E-state index contributed by atoms with van der Waals surface area (Å²) >= 11 is 0. The first-order valence-corrected chi connectivity index (χ1v) is 9.04. The van der Waals surface area contributed by atoms with E-state index in [0.717, 1.165) is 10.1 Å². The molecule has 4 rings (SSSR count). The predicted octanol–water partition coefficient (Wildman–Crippen LogP) is 2.50. The van der Waals surface area contributed by atoms with Crippen LogP contribution in [0.1, 0.15) is 5.56 Å². The van der Waals surface area contributed by atoms with Crippen molar-refractivity contribution < 1.29 is 4.92 Å². The molecule has 0 saturated heterocycles. The molecule has 0 N–H and O–H groups in total. The number of rotatable bonds is 4. The van der Waals surface area contributed by atoms with Gasteiger partial charge in [-0.25, -0.2) is 9.47 Å². The molecule has 2 heterocycles. The molecule has 0 fully saturated rings. The van der Waals surface area contributed by atoms with E-state index in [2.05, 4.69) is 5.10 Å². The summed E-state index contributed by atoms with van der Waals surface area (Å²) in [6.07, 6.45) is 3.08. The minimum atomic E-state index is -0.476. The fourth-order valence-corrected chi connectivity index (χ4v) is 3.34. The van der Waals surface area contributed by atoms with Gasteiger partial charge in [0.05, 0.1) is 33.9 Å². The lowest BCUT2D eigenvalue weighted by Crippen LogP contribution is -2.36. The monoisotopic (exact) mass is 403 g/mol. The lowest BCUT2D eigenvalue weighted by atomic mass is 10.1. The van der Waals surface area contributed by atoms with E-state index in [4.69, 9.17) is 0 Å². The lowest BCUT2D eigenvalue weighted by Gasteiger charge is -2.06. The van der Waals surface area contributed by atoms with Crippen LogP contribution in [-0.2, 0) is 14.1 Å². The van der Waals surface area contributed by atoms with Crippen LogP contribution in [0.3, 0.4) is 0 Å². The van der Waals surface area contributed by atoms with E-state index in [1.807, 2.05) is 30.3 Å². The maximum atomic E-state index is 12.9. The second kappa shape index (κ2) is 7.28. The van der Waals surface area contributed by atoms with Crippen LogP contribution in [0.2, 0.25) is 0 Å². The summed E-state index contributed by atoms with van der Waals surface area (Å²) in [5.41, 5.74) is 1.35. The number of nitro groups is 1. The van der Waals surface area contributed by atoms with Gasteiger partial charge in [0.15, 0.2) is 0 Å². The molecule has 0 aliphatic heterocycles. The van der Waals surface area contributed by atoms with Crippen molar-refractivity contribution in [3.05, 3.63) is 97.3 Å². The molecule has 0 aliphatic rings. The van der Waals surface area contributed by atoms with Crippen LogP contribution >= 0.6 is 0 Å². The van der Waals surface area contributed by atoms with Crippen LogP contribution in [0.4, 0.5) is 5.69 Å². The molecule has 0 atom stereocenters. The van der Waals surface area contributed by atoms with Gasteiger partial charge in [-0.1, -0.05) is 42.5 Å². The third-order valence-electron chi connectivity index (χ3n) is 4.88. The number of aryl methyl sites for hydroxylation is 1. The molecule has 9 heteroatoms. The summed E-state index contributed by atoms with van der Waals surface area (Å²) < 4.78 is 3.96. The van der Waals surface area contributed by atoms with Crippen molar-refractivity contribution in [1.29, 1.82) is 0 Å². The summed E-state index contributed by atoms with van der Waals surface area (Å²) in [6, 6.07) is 15.3. The van der Waals surface area contributed by atoms with Crippen molar-refractivity contribution in [3.63, 3.8) is 0 Å². The molecule has 2 aromatic heterocycles. The predicted molar refractivity (Wildman–Crippen MR) is 114 cm³/mol. The van der Waals surface area contributed by atoms with Crippen LogP contribution < -0.4 is 11.2 Å². The first-order chi connectivity index (χ1) is 14.4. The number of hydrogen-bond donors (Lipinski definition) is 0. The maximum Gasteiger partial charge on any atom is 0.330 e. The van der Waals surface area contributed by atoms with Gasteiger partial charge in [-0.05, 0) is 0 Å². The van der Waals surface area contributed by atoms with Gasteiger partial charge in [-0.2, -0.15) is 5.10 Å². The van der Waals surface area contributed by atoms with E-state index >= 15 is 0 Å². The third kappa shape index (κ3) is 3.12. The van der Waals surface area contributed by atoms with Crippen molar-refractivity contribution in [2.24, 2.45) is 19.2 Å². The quantitative estimate of drug-likeness (QED) is 0.297. The minimum Gasteiger partial charge on any atom is -0.295 e. The first kappa shape index (κ1) is 19.1. The maximum absolute atomic E-state index is 12.9. The summed E-state index contributed by atoms with van der Waals surface area (Å²) in [6.45, 7) is 0. The fraction of sp³-hybridized carbons (Fsp3) is 0.0952. The topological polar surface area (TPSA) is 104 Å². The van der Waals surface area contributed by atoms with Crippen LogP contribution in [0.25, 0.3) is 22.2 Å². The number of aromatic nitrogens is 3. The van der Waals surface area contributed by atoms with Gasteiger partial charge in [0.25, 0.3) is 11.2 Å². The van der Waals surface area contributed by atoms with Gasteiger partial charge in [0, 0.05) is 37.4 Å². The standard InChI is InChI=1S/C21H17N5O4/c1-23-17-13-25(22-12-14-7-6-10-16(11-14)26(29)30)19(15-8-4-3-5-9-15)18(17)20(27)24(2)21(23)28/h3-13H,1-2H3/b22-12-. The Hall–Kier alpha value is -4.27. The molecule has 0 aliphatic carbocycles. The first-order valence-electron chi connectivity index (χ1n) is 9.04. The number of nitrogens with zero attached hydrogens (tertiary/aromatic N) is 5. The summed E-state index contributed by atoms with van der Waals surface area (Å²) in [7, 11) is 3.02. The molecule has 9 nitrogen and oxygen atoms in total. The van der Waals surface area contributed by atoms with Gasteiger partial charge in [-0.3, -0.25) is 24.0 Å². The van der Waals surface area contributed by atoms with E-state index < -0.39 is 16.2 Å². The van der Waals surface area contributed by atoms with Crippen molar-refractivity contribution >= 4 is 22.8 Å². The second-order valence-corrected chi connectivity index (χ2v) is 6.75. The van der Waals surface area contributed by atoms with E-state index in [1.165, 1.54) is 34.6 Å². The molecule has 150 valence electrons. The van der Waals surface area contributed by atoms with Crippen molar-refractivity contribution in [1.82, 2.24) is 13.8 Å².